The Morgan fingerprint density at radius 2 is 1.80 bits per heavy atom. The van der Waals surface area contributed by atoms with Crippen molar-refractivity contribution < 1.29 is 12.9 Å². The van der Waals surface area contributed by atoms with Crippen LogP contribution in [-0.4, -0.2) is 13.6 Å². The highest BCUT2D eigenvalue weighted by atomic mass is 32.2. The fraction of sp³-hybridized carbons (Fsp3) is 0.400. The summed E-state index contributed by atoms with van der Waals surface area (Å²) in [6, 6.07) is 5.87. The molecule has 4 nitrogen and oxygen atoms in total. The van der Waals surface area contributed by atoms with E-state index in [1.807, 2.05) is 32.0 Å². The maximum Gasteiger partial charge on any atom is 0.158 e. The van der Waals surface area contributed by atoms with E-state index < -0.39 is 9.84 Å². The Hall–Kier alpha value is -1.62. The maximum absolute atomic E-state index is 12.4. The smallest absolute Gasteiger partial charge is 0.158 e. The third kappa shape index (κ3) is 3.28. The van der Waals surface area contributed by atoms with Crippen LogP contribution in [0.3, 0.4) is 0 Å². The lowest BCUT2D eigenvalue weighted by Gasteiger charge is -2.08. The molecule has 108 valence electrons. The van der Waals surface area contributed by atoms with Gasteiger partial charge in [-0.3, -0.25) is 0 Å². The molecule has 0 unspecified atom stereocenters. The van der Waals surface area contributed by atoms with Crippen molar-refractivity contribution in [3.05, 3.63) is 51.9 Å². The fourth-order valence-corrected chi connectivity index (χ4v) is 3.91. The third-order valence-corrected chi connectivity index (χ3v) is 4.90. The van der Waals surface area contributed by atoms with Crippen LogP contribution in [0.4, 0.5) is 0 Å². The zero-order valence-electron chi connectivity index (χ0n) is 12.2. The second kappa shape index (κ2) is 5.40. The second-order valence-corrected chi connectivity index (χ2v) is 7.33. The molecule has 0 N–H and O–H groups in total. The number of hydrogen-bond donors (Lipinski definition) is 0. The van der Waals surface area contributed by atoms with Crippen LogP contribution in [-0.2, 0) is 21.3 Å². The number of benzene rings is 1. The SMILES string of the molecule is Cc1ccc(C)c(CS(=O)(=O)Cc2c(C)noc2C)c1. The van der Waals surface area contributed by atoms with Crippen molar-refractivity contribution in [2.75, 3.05) is 0 Å². The zero-order chi connectivity index (χ0) is 14.9. The van der Waals surface area contributed by atoms with Gasteiger partial charge in [-0.15, -0.1) is 0 Å². The molecule has 0 aliphatic carbocycles. The van der Waals surface area contributed by atoms with Crippen molar-refractivity contribution in [2.24, 2.45) is 0 Å². The van der Waals surface area contributed by atoms with Gasteiger partial charge in [0.1, 0.15) is 5.76 Å². The van der Waals surface area contributed by atoms with E-state index in [4.69, 9.17) is 4.52 Å². The van der Waals surface area contributed by atoms with Gasteiger partial charge in [-0.05, 0) is 38.8 Å². The van der Waals surface area contributed by atoms with E-state index in [9.17, 15) is 8.42 Å². The van der Waals surface area contributed by atoms with Crippen LogP contribution in [0.2, 0.25) is 0 Å². The van der Waals surface area contributed by atoms with E-state index in [2.05, 4.69) is 5.16 Å². The summed E-state index contributed by atoms with van der Waals surface area (Å²) in [5.41, 5.74) is 4.25. The van der Waals surface area contributed by atoms with Crippen LogP contribution in [0.25, 0.3) is 0 Å². The Balaban J connectivity index is 2.26. The van der Waals surface area contributed by atoms with Gasteiger partial charge in [0.2, 0.25) is 0 Å². The lowest BCUT2D eigenvalue weighted by molar-refractivity contribution is 0.392. The first kappa shape index (κ1) is 14.8. The molecule has 0 radical (unpaired) electrons. The van der Waals surface area contributed by atoms with Gasteiger partial charge < -0.3 is 4.52 Å². The lowest BCUT2D eigenvalue weighted by atomic mass is 10.1. The Morgan fingerprint density at radius 3 is 2.40 bits per heavy atom. The highest BCUT2D eigenvalue weighted by Gasteiger charge is 2.20. The first-order valence-corrected chi connectivity index (χ1v) is 8.29. The third-order valence-electron chi connectivity index (χ3n) is 3.43. The van der Waals surface area contributed by atoms with E-state index >= 15 is 0 Å². The highest BCUT2D eigenvalue weighted by Crippen LogP contribution is 2.20. The van der Waals surface area contributed by atoms with Crippen molar-refractivity contribution in [1.82, 2.24) is 5.16 Å². The number of rotatable bonds is 4. The quantitative estimate of drug-likeness (QED) is 0.869. The summed E-state index contributed by atoms with van der Waals surface area (Å²) < 4.78 is 29.8. The highest BCUT2D eigenvalue weighted by molar-refractivity contribution is 7.89. The average molecular weight is 293 g/mol. The van der Waals surface area contributed by atoms with E-state index in [0.717, 1.165) is 16.7 Å². The molecule has 2 aromatic rings. The average Bonchev–Trinajstić information content (AvgIpc) is 2.65. The summed E-state index contributed by atoms with van der Waals surface area (Å²) in [5, 5.41) is 3.80. The molecule has 2 rings (SSSR count). The number of aromatic nitrogens is 1. The molecule has 20 heavy (non-hydrogen) atoms. The summed E-state index contributed by atoms with van der Waals surface area (Å²) in [5.74, 6) is 0.596. The molecule has 0 fully saturated rings. The molecule has 0 bridgehead atoms. The van der Waals surface area contributed by atoms with Crippen molar-refractivity contribution in [3.8, 4) is 0 Å². The van der Waals surface area contributed by atoms with Crippen molar-refractivity contribution >= 4 is 9.84 Å². The van der Waals surface area contributed by atoms with Gasteiger partial charge in [0.15, 0.2) is 9.84 Å². The predicted molar refractivity (Wildman–Crippen MR) is 78.2 cm³/mol. The number of sulfone groups is 1. The summed E-state index contributed by atoms with van der Waals surface area (Å²) >= 11 is 0. The second-order valence-electron chi connectivity index (χ2n) is 5.26. The molecule has 0 amide bonds. The Morgan fingerprint density at radius 1 is 1.10 bits per heavy atom. The fourth-order valence-electron chi connectivity index (χ4n) is 2.17. The van der Waals surface area contributed by atoms with Crippen LogP contribution in [0.15, 0.2) is 22.7 Å². The van der Waals surface area contributed by atoms with Gasteiger partial charge in [0, 0.05) is 5.56 Å². The molecule has 1 aromatic heterocycles. The van der Waals surface area contributed by atoms with Gasteiger partial charge in [-0.2, -0.15) is 0 Å². The van der Waals surface area contributed by atoms with Gasteiger partial charge in [-0.1, -0.05) is 28.9 Å². The Kier molecular flexibility index (Phi) is 3.99. The standard InChI is InChI=1S/C15H19NO3S/c1-10-5-6-11(2)14(7-10)8-20(17,18)9-15-12(3)16-19-13(15)4/h5-7H,8-9H2,1-4H3. The molecule has 0 saturated carbocycles. The van der Waals surface area contributed by atoms with Crippen LogP contribution in [0, 0.1) is 27.7 Å². The van der Waals surface area contributed by atoms with E-state index in [0.29, 0.717) is 17.0 Å². The summed E-state index contributed by atoms with van der Waals surface area (Å²) in [7, 11) is -3.24. The minimum Gasteiger partial charge on any atom is -0.361 e. The normalized spacial score (nSPS) is 11.8. The molecule has 1 aromatic carbocycles. The molecular formula is C15H19NO3S. The topological polar surface area (TPSA) is 60.2 Å². The number of aryl methyl sites for hydroxylation is 4. The first-order valence-electron chi connectivity index (χ1n) is 6.47. The zero-order valence-corrected chi connectivity index (χ0v) is 13.0. The van der Waals surface area contributed by atoms with E-state index in [1.165, 1.54) is 0 Å². The Labute approximate surface area is 119 Å². The molecule has 0 aliphatic heterocycles. The largest absolute Gasteiger partial charge is 0.361 e. The predicted octanol–water partition coefficient (Wildman–Crippen LogP) is 3.02. The Bertz CT molecular complexity index is 710. The molecule has 0 spiro atoms. The summed E-state index contributed by atoms with van der Waals surface area (Å²) in [6.45, 7) is 7.39. The van der Waals surface area contributed by atoms with Crippen LogP contribution < -0.4 is 0 Å². The van der Waals surface area contributed by atoms with Crippen molar-refractivity contribution in [3.63, 3.8) is 0 Å². The van der Waals surface area contributed by atoms with Gasteiger partial charge in [0.25, 0.3) is 0 Å². The molecule has 1 heterocycles. The van der Waals surface area contributed by atoms with Gasteiger partial charge in [0.05, 0.1) is 17.2 Å². The first-order chi connectivity index (χ1) is 9.28. The van der Waals surface area contributed by atoms with E-state index in [-0.39, 0.29) is 11.5 Å². The molecule has 5 heteroatoms. The molecular weight excluding hydrogens is 274 g/mol. The maximum atomic E-state index is 12.4. The van der Waals surface area contributed by atoms with Gasteiger partial charge >= 0.3 is 0 Å². The molecule has 0 aliphatic rings. The molecule has 0 atom stereocenters. The summed E-state index contributed by atoms with van der Waals surface area (Å²) in [6.07, 6.45) is 0. The lowest BCUT2D eigenvalue weighted by Crippen LogP contribution is -2.10. The number of nitrogens with zero attached hydrogens (tertiary/aromatic N) is 1. The van der Waals surface area contributed by atoms with Crippen LogP contribution >= 0.6 is 0 Å². The van der Waals surface area contributed by atoms with Gasteiger partial charge in [-0.25, -0.2) is 8.42 Å². The van der Waals surface area contributed by atoms with Crippen LogP contribution in [0.1, 0.15) is 33.7 Å². The monoisotopic (exact) mass is 293 g/mol. The van der Waals surface area contributed by atoms with E-state index in [1.54, 1.807) is 13.8 Å². The summed E-state index contributed by atoms with van der Waals surface area (Å²) in [4.78, 5) is 0. The molecule has 0 saturated heterocycles. The minimum atomic E-state index is -3.24. The minimum absolute atomic E-state index is 0.0262. The van der Waals surface area contributed by atoms with Crippen molar-refractivity contribution in [1.29, 1.82) is 0 Å². The number of hydrogen-bond acceptors (Lipinski definition) is 4. The van der Waals surface area contributed by atoms with Crippen LogP contribution in [0.5, 0.6) is 0 Å². The van der Waals surface area contributed by atoms with Crippen molar-refractivity contribution in [2.45, 2.75) is 39.2 Å².